The van der Waals surface area contributed by atoms with Gasteiger partial charge in [0.05, 0.1) is 0 Å². The summed E-state index contributed by atoms with van der Waals surface area (Å²) in [6.07, 6.45) is 1.41. The number of benzene rings is 1. The molecule has 2 rings (SSSR count). The molecule has 0 unspecified atom stereocenters. The molecule has 0 saturated carbocycles. The number of aliphatic imine (C=N–C) groups is 1. The summed E-state index contributed by atoms with van der Waals surface area (Å²) in [6.45, 7) is 0. The van der Waals surface area contributed by atoms with Gasteiger partial charge in [-0.15, -0.1) is 0 Å². The van der Waals surface area contributed by atoms with Gasteiger partial charge in [-0.2, -0.15) is 0 Å². The highest BCUT2D eigenvalue weighted by Gasteiger charge is 2.22. The average molecular weight is 307 g/mol. The molecule has 8 heteroatoms. The fourth-order valence-corrected chi connectivity index (χ4v) is 1.28. The molecule has 0 spiro atoms. The minimum atomic E-state index is -2.11. The van der Waals surface area contributed by atoms with Crippen molar-refractivity contribution >= 4 is 46.6 Å². The largest absolute Gasteiger partial charge is 0.859 e. The Hall–Kier alpha value is -1.30. The smallest absolute Gasteiger partial charge is 0.321 e. The van der Waals surface area contributed by atoms with Crippen LogP contribution in [0, 0.1) is 0 Å². The van der Waals surface area contributed by atoms with E-state index < -0.39 is 9.69 Å². The van der Waals surface area contributed by atoms with Gasteiger partial charge in [0, 0.05) is 18.0 Å². The molecular weight excluding hydrogens is 300 g/mol. The fraction of sp³-hybridized carbons (Fsp3) is 0.100. The fourth-order valence-electron chi connectivity index (χ4n) is 1.15. The molecule has 0 aliphatic carbocycles. The third kappa shape index (κ3) is 3.13. The predicted octanol–water partition coefficient (Wildman–Crippen LogP) is 1.71. The quantitative estimate of drug-likeness (QED) is 0.367. The van der Waals surface area contributed by atoms with Crippen LogP contribution in [0.25, 0.3) is 5.69 Å². The molecule has 18 heavy (non-hydrogen) atoms. The Kier molecular flexibility index (Phi) is 3.75. The van der Waals surface area contributed by atoms with Crippen molar-refractivity contribution in [3.63, 3.8) is 0 Å². The van der Waals surface area contributed by atoms with Crippen molar-refractivity contribution in [3.8, 4) is 5.69 Å². The number of alkyl halides is 3. The van der Waals surface area contributed by atoms with E-state index in [-0.39, 0.29) is 5.88 Å². The molecule has 0 fully saturated rings. The molecule has 1 heterocycles. The minimum Gasteiger partial charge on any atom is -0.859 e. The van der Waals surface area contributed by atoms with Crippen LogP contribution in [-0.4, -0.2) is 15.0 Å². The van der Waals surface area contributed by atoms with Gasteiger partial charge in [-0.25, -0.2) is 4.99 Å². The predicted molar refractivity (Wildman–Crippen MR) is 65.4 cm³/mol. The van der Waals surface area contributed by atoms with Gasteiger partial charge in [-0.3, -0.25) is 4.52 Å². The molecule has 0 saturated heterocycles. The van der Waals surface area contributed by atoms with E-state index in [0.717, 1.165) is 5.69 Å². The van der Waals surface area contributed by atoms with Crippen molar-refractivity contribution in [1.29, 1.82) is 0 Å². The summed E-state index contributed by atoms with van der Waals surface area (Å²) in [4.78, 5) is 3.49. The van der Waals surface area contributed by atoms with Gasteiger partial charge in [0.25, 0.3) is 6.20 Å². The van der Waals surface area contributed by atoms with Gasteiger partial charge in [0.2, 0.25) is 14.8 Å². The Morgan fingerprint density at radius 2 is 1.94 bits per heavy atom. The van der Waals surface area contributed by atoms with Crippen LogP contribution < -0.4 is 9.79 Å². The number of hydrogen-bond acceptors (Lipinski definition) is 4. The second-order valence-corrected chi connectivity index (χ2v) is 5.52. The van der Waals surface area contributed by atoms with Crippen molar-refractivity contribution in [3.05, 3.63) is 36.5 Å². The van der Waals surface area contributed by atoms with Crippen molar-refractivity contribution in [2.75, 3.05) is 0 Å². The lowest BCUT2D eigenvalue weighted by Gasteiger charge is -2.16. The molecule has 5 nitrogen and oxygen atoms in total. The topological polar surface area (TPSA) is 65.3 Å². The van der Waals surface area contributed by atoms with Crippen LogP contribution >= 0.6 is 34.8 Å². The Morgan fingerprint density at radius 3 is 2.56 bits per heavy atom. The lowest BCUT2D eigenvalue weighted by atomic mass is 10.3. The van der Waals surface area contributed by atoms with Gasteiger partial charge in [-0.1, -0.05) is 53.0 Å². The summed E-state index contributed by atoms with van der Waals surface area (Å²) < 4.78 is 4.13. The summed E-state index contributed by atoms with van der Waals surface area (Å²) in [5.41, 5.74) is 0.754. The molecule has 94 valence electrons. The van der Waals surface area contributed by atoms with Gasteiger partial charge < -0.3 is 5.11 Å². The molecule has 0 aliphatic heterocycles. The third-order valence-corrected chi connectivity index (χ3v) is 2.42. The van der Waals surface area contributed by atoms with E-state index in [1.165, 1.54) is 10.9 Å². The Labute approximate surface area is 117 Å². The minimum absolute atomic E-state index is 0.0461. The third-order valence-electron chi connectivity index (χ3n) is 1.93. The standard InChI is InChI=1S/C10H6Cl3N3O2/c11-10(12,13)9(17)14-8-6-16(15-18-8)7-4-2-1-3-5-7/h1-6H. The molecule has 2 aromatic rings. The van der Waals surface area contributed by atoms with Crippen LogP contribution in [0.4, 0.5) is 5.88 Å². The number of halogens is 3. The van der Waals surface area contributed by atoms with Crippen molar-refractivity contribution in [1.82, 2.24) is 5.27 Å². The zero-order chi connectivity index (χ0) is 13.2. The van der Waals surface area contributed by atoms with Crippen LogP contribution in [0.5, 0.6) is 0 Å². The molecule has 0 aliphatic rings. The van der Waals surface area contributed by atoms with Crippen LogP contribution in [0.3, 0.4) is 0 Å². The van der Waals surface area contributed by atoms with Crippen molar-refractivity contribution in [2.45, 2.75) is 3.79 Å². The first-order valence-corrected chi connectivity index (χ1v) is 5.87. The summed E-state index contributed by atoms with van der Waals surface area (Å²) in [5.74, 6) is -0.987. The maximum Gasteiger partial charge on any atom is 0.321 e. The first-order chi connectivity index (χ1) is 8.47. The highest BCUT2D eigenvalue weighted by molar-refractivity contribution is 6.75. The van der Waals surface area contributed by atoms with Crippen molar-refractivity contribution in [2.24, 2.45) is 4.99 Å². The van der Waals surface area contributed by atoms with Crippen LogP contribution in [0.1, 0.15) is 0 Å². The summed E-state index contributed by atoms with van der Waals surface area (Å²) in [7, 11) is 0. The second-order valence-electron chi connectivity index (χ2n) is 3.24. The molecule has 0 radical (unpaired) electrons. The molecule has 0 N–H and O–H groups in total. The zero-order valence-corrected chi connectivity index (χ0v) is 11.0. The number of nitrogens with zero attached hydrogens (tertiary/aromatic N) is 3. The van der Waals surface area contributed by atoms with E-state index in [4.69, 9.17) is 39.3 Å². The lowest BCUT2D eigenvalue weighted by Crippen LogP contribution is -2.32. The average Bonchev–Trinajstić information content (AvgIpc) is 2.77. The second kappa shape index (κ2) is 5.14. The molecule has 0 bridgehead atoms. The van der Waals surface area contributed by atoms with Crippen molar-refractivity contribution < 1.29 is 14.3 Å². The molecule has 0 amide bonds. The van der Waals surface area contributed by atoms with Gasteiger partial charge >= 0.3 is 5.88 Å². The normalized spacial score (nSPS) is 12.7. The maximum atomic E-state index is 11.3. The lowest BCUT2D eigenvalue weighted by molar-refractivity contribution is -0.670. The van der Waals surface area contributed by atoms with E-state index in [1.54, 1.807) is 0 Å². The van der Waals surface area contributed by atoms with E-state index >= 15 is 0 Å². The van der Waals surface area contributed by atoms with Crippen LogP contribution in [0.15, 0.2) is 46.0 Å². The van der Waals surface area contributed by atoms with E-state index in [9.17, 15) is 5.11 Å². The molecular formula is C10H6Cl3N3O2. The highest BCUT2D eigenvalue weighted by Crippen LogP contribution is 2.27. The van der Waals surface area contributed by atoms with E-state index in [0.29, 0.717) is 0 Å². The molecule has 0 atom stereocenters. The van der Waals surface area contributed by atoms with E-state index in [2.05, 4.69) is 10.3 Å². The van der Waals surface area contributed by atoms with Crippen LogP contribution in [-0.2, 0) is 0 Å². The van der Waals surface area contributed by atoms with Gasteiger partial charge in [0.1, 0.15) is 0 Å². The SMILES string of the molecule is [O-]C(=Nc1c[n+](-c2ccccc2)no1)C(Cl)(Cl)Cl. The first-order valence-electron chi connectivity index (χ1n) is 4.74. The Balaban J connectivity index is 2.27. The van der Waals surface area contributed by atoms with Gasteiger partial charge in [0.15, 0.2) is 0 Å². The van der Waals surface area contributed by atoms with E-state index in [1.807, 2.05) is 30.3 Å². The first kappa shape index (κ1) is 13.1. The zero-order valence-electron chi connectivity index (χ0n) is 8.76. The number of hydrogen-bond donors (Lipinski definition) is 0. The number of aromatic nitrogens is 2. The maximum absolute atomic E-state index is 11.3. The molecule has 1 aromatic carbocycles. The van der Waals surface area contributed by atoms with Crippen LogP contribution in [0.2, 0.25) is 0 Å². The van der Waals surface area contributed by atoms with Gasteiger partial charge in [-0.05, 0) is 4.68 Å². The summed E-state index contributed by atoms with van der Waals surface area (Å²) in [6, 6.07) is 9.15. The monoisotopic (exact) mass is 305 g/mol. The number of rotatable bonds is 2. The summed E-state index contributed by atoms with van der Waals surface area (Å²) >= 11 is 16.1. The Bertz CT molecular complexity index is 563. The molecule has 1 aromatic heterocycles. The highest BCUT2D eigenvalue weighted by atomic mass is 35.6. The number of para-hydroxylation sites is 1. The Morgan fingerprint density at radius 1 is 1.28 bits per heavy atom. The summed E-state index contributed by atoms with van der Waals surface area (Å²) in [5, 5.41) is 15.0.